The molecule has 110 valence electrons. The van der Waals surface area contributed by atoms with Crippen LogP contribution < -0.4 is 10.6 Å². The van der Waals surface area contributed by atoms with Crippen molar-refractivity contribution in [2.24, 2.45) is 0 Å². The van der Waals surface area contributed by atoms with Gasteiger partial charge in [-0.1, -0.05) is 24.9 Å². The van der Waals surface area contributed by atoms with Crippen LogP contribution in [0.25, 0.3) is 0 Å². The van der Waals surface area contributed by atoms with E-state index in [1.807, 2.05) is 13.8 Å². The summed E-state index contributed by atoms with van der Waals surface area (Å²) in [5, 5.41) is 16.6. The topological polar surface area (TPSA) is 84.3 Å². The van der Waals surface area contributed by atoms with Crippen molar-refractivity contribution in [1.29, 1.82) is 0 Å². The first kappa shape index (κ1) is 16.2. The van der Waals surface area contributed by atoms with E-state index in [0.29, 0.717) is 0 Å². The van der Waals surface area contributed by atoms with Crippen molar-refractivity contribution < 1.29 is 9.72 Å². The summed E-state index contributed by atoms with van der Waals surface area (Å²) >= 11 is 5.97. The predicted molar refractivity (Wildman–Crippen MR) is 79.5 cm³/mol. The Balaban J connectivity index is 3.08. The second kappa shape index (κ2) is 7.09. The number of halogens is 1. The third kappa shape index (κ3) is 3.84. The molecule has 0 saturated carbocycles. The summed E-state index contributed by atoms with van der Waals surface area (Å²) in [5.41, 5.74) is 0.173. The molecule has 0 radical (unpaired) electrons. The van der Waals surface area contributed by atoms with E-state index in [0.717, 1.165) is 12.8 Å². The van der Waals surface area contributed by atoms with Gasteiger partial charge in [0.25, 0.3) is 11.6 Å². The molecule has 0 aliphatic heterocycles. The highest BCUT2D eigenvalue weighted by Crippen LogP contribution is 2.33. The van der Waals surface area contributed by atoms with Crippen LogP contribution in [0, 0.1) is 10.1 Å². The van der Waals surface area contributed by atoms with Crippen molar-refractivity contribution in [3.05, 3.63) is 32.8 Å². The number of anilines is 1. The van der Waals surface area contributed by atoms with Crippen LogP contribution in [0.3, 0.4) is 0 Å². The average Bonchev–Trinajstić information content (AvgIpc) is 2.37. The van der Waals surface area contributed by atoms with E-state index in [1.165, 1.54) is 19.2 Å². The lowest BCUT2D eigenvalue weighted by atomic mass is 10.1. The Morgan fingerprint density at radius 2 is 2.15 bits per heavy atom. The minimum atomic E-state index is -0.566. The van der Waals surface area contributed by atoms with Gasteiger partial charge in [-0.3, -0.25) is 14.9 Å². The van der Waals surface area contributed by atoms with Crippen molar-refractivity contribution in [2.75, 3.05) is 12.4 Å². The van der Waals surface area contributed by atoms with Crippen LogP contribution in [0.1, 0.15) is 37.0 Å². The highest BCUT2D eigenvalue weighted by molar-refractivity contribution is 6.34. The number of carbonyl (C=O) groups is 1. The average molecular weight is 300 g/mol. The molecule has 7 heteroatoms. The number of hydrogen-bond acceptors (Lipinski definition) is 4. The van der Waals surface area contributed by atoms with Gasteiger partial charge in [-0.05, 0) is 19.4 Å². The molecule has 1 rings (SSSR count). The maximum absolute atomic E-state index is 12.0. The molecule has 1 aromatic carbocycles. The van der Waals surface area contributed by atoms with Gasteiger partial charge in [0.1, 0.15) is 5.69 Å². The van der Waals surface area contributed by atoms with E-state index in [2.05, 4.69) is 10.6 Å². The number of nitro groups is 1. The van der Waals surface area contributed by atoms with E-state index < -0.39 is 4.92 Å². The van der Waals surface area contributed by atoms with Crippen LogP contribution in [0.4, 0.5) is 11.4 Å². The van der Waals surface area contributed by atoms with E-state index in [4.69, 9.17) is 11.6 Å². The van der Waals surface area contributed by atoms with Crippen LogP contribution in [0.15, 0.2) is 12.1 Å². The van der Waals surface area contributed by atoms with Crippen LogP contribution in [-0.2, 0) is 0 Å². The van der Waals surface area contributed by atoms with Gasteiger partial charge in [0, 0.05) is 24.7 Å². The predicted octanol–water partition coefficient (Wildman–Crippen LogP) is 3.21. The highest BCUT2D eigenvalue weighted by atomic mass is 35.5. The molecule has 1 unspecified atom stereocenters. The highest BCUT2D eigenvalue weighted by Gasteiger charge is 2.21. The first-order chi connectivity index (χ1) is 9.40. The standard InChI is InChI=1S/C13H18ClN3O3/c1-4-5-8(2)16-13(18)9-6-10(14)12(15-3)11(7-9)17(19)20/h6-8,15H,4-5H2,1-3H3,(H,16,18). The quantitative estimate of drug-likeness (QED) is 0.624. The Kier molecular flexibility index (Phi) is 5.76. The molecule has 0 bridgehead atoms. The summed E-state index contributed by atoms with van der Waals surface area (Å²) in [4.78, 5) is 22.5. The van der Waals surface area contributed by atoms with Gasteiger partial charge >= 0.3 is 0 Å². The number of nitrogens with zero attached hydrogens (tertiary/aromatic N) is 1. The fourth-order valence-electron chi connectivity index (χ4n) is 1.93. The fraction of sp³-hybridized carbons (Fsp3) is 0.462. The van der Waals surface area contributed by atoms with Gasteiger partial charge in [0.05, 0.1) is 9.95 Å². The molecule has 0 aliphatic carbocycles. The molecule has 0 spiro atoms. The summed E-state index contributed by atoms with van der Waals surface area (Å²) in [6.45, 7) is 3.91. The Morgan fingerprint density at radius 1 is 1.50 bits per heavy atom. The monoisotopic (exact) mass is 299 g/mol. The maximum atomic E-state index is 12.0. The Bertz CT molecular complexity index is 520. The van der Waals surface area contributed by atoms with Crippen molar-refractivity contribution in [2.45, 2.75) is 32.7 Å². The van der Waals surface area contributed by atoms with Gasteiger partial charge in [-0.25, -0.2) is 0 Å². The number of rotatable bonds is 6. The molecular weight excluding hydrogens is 282 g/mol. The number of amides is 1. The molecule has 1 atom stereocenters. The molecule has 0 fully saturated rings. The Morgan fingerprint density at radius 3 is 2.65 bits per heavy atom. The number of hydrogen-bond donors (Lipinski definition) is 2. The molecule has 0 heterocycles. The largest absolute Gasteiger partial charge is 0.381 e. The molecule has 0 saturated heterocycles. The molecular formula is C13H18ClN3O3. The Labute approximate surface area is 122 Å². The van der Waals surface area contributed by atoms with Gasteiger partial charge in [-0.15, -0.1) is 0 Å². The number of carbonyl (C=O) groups excluding carboxylic acids is 1. The van der Waals surface area contributed by atoms with Crippen LogP contribution in [0.5, 0.6) is 0 Å². The number of benzene rings is 1. The molecule has 1 amide bonds. The van der Waals surface area contributed by atoms with Crippen molar-refractivity contribution in [1.82, 2.24) is 5.32 Å². The van der Waals surface area contributed by atoms with Gasteiger partial charge < -0.3 is 10.6 Å². The van der Waals surface area contributed by atoms with E-state index >= 15 is 0 Å². The summed E-state index contributed by atoms with van der Waals surface area (Å²) in [5.74, 6) is -0.362. The Hall–Kier alpha value is -1.82. The smallest absolute Gasteiger partial charge is 0.294 e. The van der Waals surface area contributed by atoms with Gasteiger partial charge in [0.2, 0.25) is 0 Å². The zero-order chi connectivity index (χ0) is 15.3. The van der Waals surface area contributed by atoms with E-state index in [9.17, 15) is 14.9 Å². The zero-order valence-corrected chi connectivity index (χ0v) is 12.5. The molecule has 2 N–H and O–H groups in total. The van der Waals surface area contributed by atoms with E-state index in [1.54, 1.807) is 0 Å². The zero-order valence-electron chi connectivity index (χ0n) is 11.7. The summed E-state index contributed by atoms with van der Waals surface area (Å²) in [7, 11) is 1.54. The summed E-state index contributed by atoms with van der Waals surface area (Å²) in [6, 6.07) is 2.66. The summed E-state index contributed by atoms with van der Waals surface area (Å²) in [6.07, 6.45) is 1.79. The molecule has 1 aromatic rings. The lowest BCUT2D eigenvalue weighted by Gasteiger charge is -2.13. The maximum Gasteiger partial charge on any atom is 0.294 e. The third-order valence-electron chi connectivity index (χ3n) is 2.88. The third-order valence-corrected chi connectivity index (χ3v) is 3.18. The second-order valence-electron chi connectivity index (χ2n) is 4.52. The van der Waals surface area contributed by atoms with Crippen LogP contribution in [-0.4, -0.2) is 23.9 Å². The van der Waals surface area contributed by atoms with E-state index in [-0.39, 0.29) is 33.9 Å². The molecule has 0 aliphatic rings. The fourth-order valence-corrected chi connectivity index (χ4v) is 2.24. The first-order valence-electron chi connectivity index (χ1n) is 6.37. The van der Waals surface area contributed by atoms with Crippen LogP contribution >= 0.6 is 11.6 Å². The number of nitro benzene ring substituents is 1. The van der Waals surface area contributed by atoms with Crippen LogP contribution in [0.2, 0.25) is 5.02 Å². The normalized spacial score (nSPS) is 11.8. The molecule has 6 nitrogen and oxygen atoms in total. The lowest BCUT2D eigenvalue weighted by Crippen LogP contribution is -2.32. The summed E-state index contributed by atoms with van der Waals surface area (Å²) < 4.78 is 0. The molecule has 0 aromatic heterocycles. The van der Waals surface area contributed by atoms with Crippen molar-refractivity contribution >= 4 is 28.9 Å². The minimum absolute atomic E-state index is 0.00862. The first-order valence-corrected chi connectivity index (χ1v) is 6.75. The lowest BCUT2D eigenvalue weighted by molar-refractivity contribution is -0.383. The van der Waals surface area contributed by atoms with Gasteiger partial charge in [-0.2, -0.15) is 0 Å². The second-order valence-corrected chi connectivity index (χ2v) is 4.93. The van der Waals surface area contributed by atoms with Gasteiger partial charge in [0.15, 0.2) is 0 Å². The molecule has 20 heavy (non-hydrogen) atoms. The minimum Gasteiger partial charge on any atom is -0.381 e. The number of nitrogens with one attached hydrogen (secondary N) is 2. The SMILES string of the molecule is CCCC(C)NC(=O)c1cc(Cl)c(NC)c([N+](=O)[O-])c1. The van der Waals surface area contributed by atoms with Crippen molar-refractivity contribution in [3.63, 3.8) is 0 Å². The van der Waals surface area contributed by atoms with Crippen molar-refractivity contribution in [3.8, 4) is 0 Å².